The summed E-state index contributed by atoms with van der Waals surface area (Å²) in [7, 11) is -7.39. The Labute approximate surface area is 340 Å². The lowest BCUT2D eigenvalue weighted by Crippen LogP contribution is -2.62. The number of rotatable bonds is 17. The summed E-state index contributed by atoms with van der Waals surface area (Å²) in [4.78, 5) is 59.9. The molecule has 1 saturated heterocycles. The first-order valence-electron chi connectivity index (χ1n) is 20.7. The fourth-order valence-electron chi connectivity index (χ4n) is 10.1. The molecular formula is C41H69N3O8Si4. The third-order valence-electron chi connectivity index (χ3n) is 12.0. The van der Waals surface area contributed by atoms with Crippen molar-refractivity contribution in [2.75, 3.05) is 11.9 Å². The van der Waals surface area contributed by atoms with Crippen LogP contribution >= 0.6 is 0 Å². The van der Waals surface area contributed by atoms with Crippen LogP contribution in [0.4, 0.5) is 5.82 Å². The number of hydrogen-bond acceptors (Lipinski definition) is 9. The summed E-state index contributed by atoms with van der Waals surface area (Å²) in [6, 6.07) is 8.21. The van der Waals surface area contributed by atoms with Gasteiger partial charge in [-0.2, -0.15) is 4.98 Å². The van der Waals surface area contributed by atoms with Crippen LogP contribution in [0, 0.1) is 5.92 Å². The van der Waals surface area contributed by atoms with Gasteiger partial charge in [0.15, 0.2) is 12.0 Å². The maximum absolute atomic E-state index is 15.1. The van der Waals surface area contributed by atoms with Crippen LogP contribution in [0.1, 0.15) is 138 Å². The van der Waals surface area contributed by atoms with E-state index in [-0.39, 0.29) is 45.7 Å². The van der Waals surface area contributed by atoms with E-state index in [1.807, 2.05) is 0 Å². The second kappa shape index (κ2) is 18.9. The predicted octanol–water partition coefficient (Wildman–Crippen LogP) is 9.79. The zero-order valence-electron chi connectivity index (χ0n) is 36.8. The average Bonchev–Trinajstić information content (AvgIpc) is 3.44. The van der Waals surface area contributed by atoms with E-state index in [1.165, 1.54) is 10.8 Å². The number of nitrogens with one attached hydrogen (secondary N) is 1. The number of anilines is 1. The van der Waals surface area contributed by atoms with E-state index < -0.39 is 74.0 Å². The summed E-state index contributed by atoms with van der Waals surface area (Å²) < 4.78 is 22.1. The van der Waals surface area contributed by atoms with Gasteiger partial charge < -0.3 is 10.1 Å². The van der Waals surface area contributed by atoms with E-state index in [0.29, 0.717) is 22.2 Å². The first-order chi connectivity index (χ1) is 26.1. The smallest absolute Gasteiger partial charge is 0.348 e. The zero-order chi connectivity index (χ0) is 42.0. The fraction of sp³-hybridized carbons (Fsp3) is 0.707. The van der Waals surface area contributed by atoms with Crippen molar-refractivity contribution in [2.24, 2.45) is 5.92 Å². The molecule has 1 aromatic heterocycles. The molecule has 2 bridgehead atoms. The third-order valence-corrected chi connectivity index (χ3v) is 46.2. The summed E-state index contributed by atoms with van der Waals surface area (Å²) in [5, 5.41) is 2.69. The minimum atomic E-state index is -2.70. The molecule has 1 fully saturated rings. The van der Waals surface area contributed by atoms with Crippen molar-refractivity contribution in [3.63, 3.8) is 0 Å². The van der Waals surface area contributed by atoms with Crippen LogP contribution in [0.2, 0.25) is 44.3 Å². The van der Waals surface area contributed by atoms with Crippen LogP contribution in [0.3, 0.4) is 0 Å². The molecule has 312 valence electrons. The van der Waals surface area contributed by atoms with E-state index in [0.717, 1.165) is 0 Å². The van der Waals surface area contributed by atoms with Gasteiger partial charge in [0.05, 0.1) is 28.1 Å². The molecule has 2 radical (unpaired) electrons. The van der Waals surface area contributed by atoms with Crippen LogP contribution in [0.5, 0.6) is 0 Å². The Hall–Kier alpha value is -2.09. The molecule has 15 heteroatoms. The van der Waals surface area contributed by atoms with Crippen molar-refractivity contribution in [2.45, 2.75) is 174 Å². The molecule has 0 saturated carbocycles. The van der Waals surface area contributed by atoms with Gasteiger partial charge in [-0.05, 0) is 34.3 Å². The van der Waals surface area contributed by atoms with Crippen molar-refractivity contribution in [1.29, 1.82) is 0 Å². The highest BCUT2D eigenvalue weighted by atomic mass is 29.2. The predicted molar refractivity (Wildman–Crippen MR) is 231 cm³/mol. The number of ketones is 1. The number of Topliss-reactive ketones (excluding diaryl/α,β-unsaturated/α-hetero) is 1. The number of ether oxygens (including phenoxy) is 1. The highest BCUT2D eigenvalue weighted by Gasteiger charge is 2.58. The van der Waals surface area contributed by atoms with Crippen molar-refractivity contribution >= 4 is 49.8 Å². The Bertz CT molecular complexity index is 1680. The van der Waals surface area contributed by atoms with Crippen molar-refractivity contribution < 1.29 is 33.3 Å². The van der Waals surface area contributed by atoms with Gasteiger partial charge in [0.2, 0.25) is 15.7 Å². The maximum Gasteiger partial charge on any atom is 0.351 e. The number of aromatic nitrogens is 2. The van der Waals surface area contributed by atoms with Gasteiger partial charge in [0.1, 0.15) is 24.6 Å². The number of hydrogen-bond donors (Lipinski definition) is 1. The van der Waals surface area contributed by atoms with Gasteiger partial charge in [-0.15, -0.1) is 0 Å². The van der Waals surface area contributed by atoms with Gasteiger partial charge in [-0.25, -0.2) is 14.6 Å². The summed E-state index contributed by atoms with van der Waals surface area (Å²) in [5.41, 5.74) is 2.46. The molecule has 0 aliphatic carbocycles. The molecule has 1 amide bonds. The Morgan fingerprint density at radius 1 is 0.714 bits per heavy atom. The van der Waals surface area contributed by atoms with Gasteiger partial charge >= 0.3 is 5.69 Å². The van der Waals surface area contributed by atoms with Crippen LogP contribution in [-0.2, 0) is 23.7 Å². The van der Waals surface area contributed by atoms with E-state index in [2.05, 4.69) is 121 Å². The van der Waals surface area contributed by atoms with Crippen LogP contribution < -0.4 is 11.0 Å². The summed E-state index contributed by atoms with van der Waals surface area (Å²) in [6.45, 7) is 36.3. The maximum atomic E-state index is 15.1. The Kier molecular flexibility index (Phi) is 15.7. The molecule has 0 spiro atoms. The van der Waals surface area contributed by atoms with E-state index >= 15 is 4.79 Å². The SMILES string of the molecule is CC(C)[Si](C(C)C)[Si](OOC[C@H]1O[C@@H]2[C@H](C(=O)c3ccccc3C(=O)Nc3ccn2c(=O)n3)[C@@H]1OO[Si](C(C)C)(C(C)C)[Si](C(C)C)C(C)C)(C(C)C)C(C)C. The van der Waals surface area contributed by atoms with Gasteiger partial charge in [0.25, 0.3) is 5.91 Å². The molecule has 4 heterocycles. The van der Waals surface area contributed by atoms with Crippen molar-refractivity contribution in [1.82, 2.24) is 9.55 Å². The lowest BCUT2D eigenvalue weighted by molar-refractivity contribution is -0.291. The minimum Gasteiger partial charge on any atom is -0.348 e. The van der Waals surface area contributed by atoms with Crippen LogP contribution in [0.25, 0.3) is 0 Å². The number of fused-ring (bicyclic) bond motifs is 3. The number of amides is 1. The largest absolute Gasteiger partial charge is 0.351 e. The Morgan fingerprint density at radius 3 is 1.66 bits per heavy atom. The van der Waals surface area contributed by atoms with E-state index in [1.54, 1.807) is 30.3 Å². The summed E-state index contributed by atoms with van der Waals surface area (Å²) in [6.07, 6.45) is -1.50. The van der Waals surface area contributed by atoms with Gasteiger partial charge in [-0.3, -0.25) is 23.3 Å². The molecule has 1 N–H and O–H groups in total. The summed E-state index contributed by atoms with van der Waals surface area (Å²) in [5.74, 6) is -1.95. The first-order valence-corrected chi connectivity index (χ1v) is 30.2. The first kappa shape index (κ1) is 46.6. The molecular weight excluding hydrogens is 775 g/mol. The van der Waals surface area contributed by atoms with Crippen LogP contribution in [0.15, 0.2) is 41.3 Å². The number of carbonyl (C=O) groups excluding carboxylic acids is 2. The zero-order valence-corrected chi connectivity index (χ0v) is 40.8. The van der Waals surface area contributed by atoms with Crippen molar-refractivity contribution in [3.05, 3.63) is 58.1 Å². The van der Waals surface area contributed by atoms with Gasteiger partial charge in [0, 0.05) is 11.8 Å². The van der Waals surface area contributed by atoms with Gasteiger partial charge in [-0.1, -0.05) is 151 Å². The molecule has 3 aliphatic heterocycles. The topological polar surface area (TPSA) is 127 Å². The quantitative estimate of drug-likeness (QED) is 0.0941. The lowest BCUT2D eigenvalue weighted by Gasteiger charge is -2.46. The fourth-order valence-corrected chi connectivity index (χ4v) is 42.9. The molecule has 2 aromatic rings. The highest BCUT2D eigenvalue weighted by Crippen LogP contribution is 2.47. The molecule has 3 aliphatic rings. The van der Waals surface area contributed by atoms with E-state index in [4.69, 9.17) is 23.7 Å². The molecule has 56 heavy (non-hydrogen) atoms. The number of nitrogens with zero attached hydrogens (tertiary/aromatic N) is 2. The number of carbonyl (C=O) groups is 2. The molecule has 4 atom stereocenters. The highest BCUT2D eigenvalue weighted by molar-refractivity contribution is 7.32. The molecule has 1 aromatic carbocycles. The standard InChI is InChI=1S/C41H69N3O8Si4/c1-24(2)53(25(3)4)55(28(9)10,29(11)12)51-48-23-34-38(50-52-56(30(13)14,31(15)16)54(26(5)6)27(7)8)36-37(45)32-19-17-18-20-33(32)39(46)42-35-21-22-44(40(36)49-34)41(47)43-35/h17-22,24-31,34,36,38,40H,23H2,1-16H3,(H,42,43,46,47)/t34-,36-,38-,40-/m1/s1. The molecule has 11 nitrogen and oxygen atoms in total. The molecule has 5 rings (SSSR count). The van der Waals surface area contributed by atoms with Crippen LogP contribution in [-0.4, -0.2) is 72.4 Å². The molecule has 0 unspecified atom stereocenters. The number of benzene rings is 1. The summed E-state index contributed by atoms with van der Waals surface area (Å²) >= 11 is 0. The van der Waals surface area contributed by atoms with Crippen molar-refractivity contribution in [3.8, 4) is 0 Å². The second-order valence-electron chi connectivity index (χ2n) is 18.2. The van der Waals surface area contributed by atoms with E-state index in [9.17, 15) is 9.59 Å². The second-order valence-corrected chi connectivity index (χ2v) is 40.9. The monoisotopic (exact) mass is 843 g/mol. The lowest BCUT2D eigenvalue weighted by atomic mass is 9.88. The third kappa shape index (κ3) is 8.91. The normalized spacial score (nSPS) is 20.9. The Balaban J connectivity index is 1.90. The Morgan fingerprint density at radius 2 is 1.20 bits per heavy atom. The average molecular weight is 844 g/mol. The minimum absolute atomic E-state index is 0.0552.